The van der Waals surface area contributed by atoms with Crippen molar-refractivity contribution in [2.75, 3.05) is 6.61 Å². The lowest BCUT2D eigenvalue weighted by molar-refractivity contribution is 0.296. The molecule has 0 aliphatic rings. The molecule has 0 unspecified atom stereocenters. The lowest BCUT2D eigenvalue weighted by atomic mass is 10.1. The molecule has 1 aromatic rings. The molecular formula is C14H22FNO. The van der Waals surface area contributed by atoms with Crippen molar-refractivity contribution in [1.29, 1.82) is 0 Å². The van der Waals surface area contributed by atoms with Gasteiger partial charge in [0.15, 0.2) is 0 Å². The van der Waals surface area contributed by atoms with Gasteiger partial charge in [-0.05, 0) is 31.7 Å². The Labute approximate surface area is 103 Å². The summed E-state index contributed by atoms with van der Waals surface area (Å²) in [6.07, 6.45) is 2.12. The first-order chi connectivity index (χ1) is 8.00. The smallest absolute Gasteiger partial charge is 0.131 e. The van der Waals surface area contributed by atoms with E-state index in [9.17, 15) is 4.39 Å². The van der Waals surface area contributed by atoms with Crippen molar-refractivity contribution < 1.29 is 9.13 Å². The fourth-order valence-electron chi connectivity index (χ4n) is 1.65. The molecule has 96 valence electrons. The van der Waals surface area contributed by atoms with E-state index in [1.165, 1.54) is 6.07 Å². The molecular weight excluding hydrogens is 217 g/mol. The molecule has 0 aromatic heterocycles. The summed E-state index contributed by atoms with van der Waals surface area (Å²) in [5.41, 5.74) is 6.17. The van der Waals surface area contributed by atoms with Crippen LogP contribution in [-0.2, 0) is 0 Å². The summed E-state index contributed by atoms with van der Waals surface area (Å²) in [6.45, 7) is 6.75. The van der Waals surface area contributed by atoms with Crippen molar-refractivity contribution in [2.24, 2.45) is 11.7 Å². The lowest BCUT2D eigenvalue weighted by Gasteiger charge is -2.11. The summed E-state index contributed by atoms with van der Waals surface area (Å²) < 4.78 is 19.1. The van der Waals surface area contributed by atoms with E-state index in [1.807, 2.05) is 0 Å². The number of halogens is 1. The Morgan fingerprint density at radius 3 is 2.53 bits per heavy atom. The Hall–Kier alpha value is -1.09. The van der Waals surface area contributed by atoms with E-state index >= 15 is 0 Å². The van der Waals surface area contributed by atoms with Crippen LogP contribution in [0, 0.1) is 11.7 Å². The average molecular weight is 239 g/mol. The molecule has 0 heterocycles. The van der Waals surface area contributed by atoms with Crippen LogP contribution >= 0.6 is 0 Å². The van der Waals surface area contributed by atoms with Crippen molar-refractivity contribution in [3.63, 3.8) is 0 Å². The molecule has 0 spiro atoms. The third kappa shape index (κ3) is 4.73. The Bertz CT molecular complexity index is 350. The van der Waals surface area contributed by atoms with Crippen LogP contribution in [0.15, 0.2) is 18.2 Å². The van der Waals surface area contributed by atoms with Gasteiger partial charge in [-0.25, -0.2) is 4.39 Å². The van der Waals surface area contributed by atoms with Crippen LogP contribution in [0.25, 0.3) is 0 Å². The maximum Gasteiger partial charge on any atom is 0.131 e. The highest BCUT2D eigenvalue weighted by Gasteiger charge is 2.07. The van der Waals surface area contributed by atoms with E-state index in [0.29, 0.717) is 23.8 Å². The van der Waals surface area contributed by atoms with Gasteiger partial charge < -0.3 is 10.5 Å². The minimum atomic E-state index is -0.290. The Balaban J connectivity index is 2.47. The van der Waals surface area contributed by atoms with Gasteiger partial charge in [-0.3, -0.25) is 0 Å². The normalized spacial score (nSPS) is 12.8. The maximum atomic E-state index is 13.6. The van der Waals surface area contributed by atoms with E-state index in [4.69, 9.17) is 10.5 Å². The van der Waals surface area contributed by atoms with Crippen molar-refractivity contribution in [3.8, 4) is 5.75 Å². The first-order valence-corrected chi connectivity index (χ1v) is 6.18. The zero-order chi connectivity index (χ0) is 12.8. The molecule has 0 bridgehead atoms. The van der Waals surface area contributed by atoms with Gasteiger partial charge in [-0.15, -0.1) is 0 Å². The standard InChI is InChI=1S/C14H22FNO/c1-10(2)5-4-8-17-12-6-7-13(11(3)16)14(15)9-12/h6-7,9-11H,4-5,8,16H2,1-3H3/t11-/m1/s1. The average Bonchev–Trinajstić information content (AvgIpc) is 2.23. The molecule has 1 rings (SSSR count). The molecule has 1 atom stereocenters. The van der Waals surface area contributed by atoms with Crippen molar-refractivity contribution in [2.45, 2.75) is 39.7 Å². The Kier molecular flexibility index (Phi) is 5.42. The summed E-state index contributed by atoms with van der Waals surface area (Å²) in [5.74, 6) is 0.966. The predicted octanol–water partition coefficient (Wildman–Crippen LogP) is 3.66. The fraction of sp³-hybridized carbons (Fsp3) is 0.571. The molecule has 2 N–H and O–H groups in total. The first kappa shape index (κ1) is 14.0. The van der Waals surface area contributed by atoms with E-state index in [0.717, 1.165) is 12.8 Å². The molecule has 0 radical (unpaired) electrons. The van der Waals surface area contributed by atoms with Crippen molar-refractivity contribution in [1.82, 2.24) is 0 Å². The van der Waals surface area contributed by atoms with Gasteiger partial charge in [0.25, 0.3) is 0 Å². The second-order valence-corrected chi connectivity index (χ2v) is 4.86. The Morgan fingerprint density at radius 1 is 1.29 bits per heavy atom. The van der Waals surface area contributed by atoms with Gasteiger partial charge >= 0.3 is 0 Å². The molecule has 0 aliphatic carbocycles. The zero-order valence-corrected chi connectivity index (χ0v) is 10.9. The van der Waals surface area contributed by atoms with Gasteiger partial charge in [-0.2, -0.15) is 0 Å². The monoisotopic (exact) mass is 239 g/mol. The molecule has 2 nitrogen and oxygen atoms in total. The number of benzene rings is 1. The topological polar surface area (TPSA) is 35.2 Å². The van der Waals surface area contributed by atoms with E-state index in [-0.39, 0.29) is 11.9 Å². The summed E-state index contributed by atoms with van der Waals surface area (Å²) >= 11 is 0. The molecule has 0 saturated heterocycles. The van der Waals surface area contributed by atoms with Crippen LogP contribution in [0.5, 0.6) is 5.75 Å². The van der Waals surface area contributed by atoms with Crippen molar-refractivity contribution in [3.05, 3.63) is 29.6 Å². The highest BCUT2D eigenvalue weighted by molar-refractivity contribution is 5.30. The van der Waals surface area contributed by atoms with Gasteiger partial charge in [0.05, 0.1) is 6.61 Å². The van der Waals surface area contributed by atoms with Crippen molar-refractivity contribution >= 4 is 0 Å². The summed E-state index contributed by atoms with van der Waals surface area (Å²) in [6, 6.07) is 4.59. The number of hydrogen-bond donors (Lipinski definition) is 1. The third-order valence-electron chi connectivity index (χ3n) is 2.66. The highest BCUT2D eigenvalue weighted by atomic mass is 19.1. The van der Waals surface area contributed by atoms with E-state index < -0.39 is 0 Å². The molecule has 0 amide bonds. The highest BCUT2D eigenvalue weighted by Crippen LogP contribution is 2.20. The van der Waals surface area contributed by atoms with Gasteiger partial charge in [0.2, 0.25) is 0 Å². The van der Waals surface area contributed by atoms with Crippen LogP contribution in [0.1, 0.15) is 45.2 Å². The Morgan fingerprint density at radius 2 is 2.00 bits per heavy atom. The van der Waals surface area contributed by atoms with Gasteiger partial charge in [0, 0.05) is 17.7 Å². The van der Waals surface area contributed by atoms with Gasteiger partial charge in [-0.1, -0.05) is 19.9 Å². The second kappa shape index (κ2) is 6.60. The third-order valence-corrected chi connectivity index (χ3v) is 2.66. The van der Waals surface area contributed by atoms with Crippen LogP contribution in [0.4, 0.5) is 4.39 Å². The predicted molar refractivity (Wildman–Crippen MR) is 68.6 cm³/mol. The molecule has 1 aromatic carbocycles. The largest absolute Gasteiger partial charge is 0.493 e. The van der Waals surface area contributed by atoms with Crippen LogP contribution in [0.3, 0.4) is 0 Å². The van der Waals surface area contributed by atoms with Gasteiger partial charge in [0.1, 0.15) is 11.6 Å². The molecule has 0 aliphatic heterocycles. The van der Waals surface area contributed by atoms with Crippen LogP contribution in [0.2, 0.25) is 0 Å². The van der Waals surface area contributed by atoms with Crippen LogP contribution < -0.4 is 10.5 Å². The van der Waals surface area contributed by atoms with E-state index in [2.05, 4.69) is 13.8 Å². The molecule has 3 heteroatoms. The summed E-state index contributed by atoms with van der Waals surface area (Å²) in [4.78, 5) is 0. The quantitative estimate of drug-likeness (QED) is 0.769. The molecule has 0 fully saturated rings. The SMILES string of the molecule is CC(C)CCCOc1ccc([C@@H](C)N)c(F)c1. The first-order valence-electron chi connectivity index (χ1n) is 6.18. The number of nitrogens with two attached hydrogens (primary N) is 1. The minimum Gasteiger partial charge on any atom is -0.493 e. The summed E-state index contributed by atoms with van der Waals surface area (Å²) in [5, 5.41) is 0. The second-order valence-electron chi connectivity index (χ2n) is 4.86. The molecule has 0 saturated carbocycles. The maximum absolute atomic E-state index is 13.6. The number of hydrogen-bond acceptors (Lipinski definition) is 2. The number of rotatable bonds is 6. The number of ether oxygens (including phenoxy) is 1. The zero-order valence-electron chi connectivity index (χ0n) is 10.9. The fourth-order valence-corrected chi connectivity index (χ4v) is 1.65. The van der Waals surface area contributed by atoms with Crippen LogP contribution in [-0.4, -0.2) is 6.61 Å². The lowest BCUT2D eigenvalue weighted by Crippen LogP contribution is -2.07. The summed E-state index contributed by atoms with van der Waals surface area (Å²) in [7, 11) is 0. The minimum absolute atomic E-state index is 0.287. The molecule has 17 heavy (non-hydrogen) atoms. The van der Waals surface area contributed by atoms with E-state index in [1.54, 1.807) is 19.1 Å².